The highest BCUT2D eigenvalue weighted by Crippen LogP contribution is 2.31. The van der Waals surface area contributed by atoms with E-state index in [0.717, 1.165) is 11.8 Å². The molecule has 27 heavy (non-hydrogen) atoms. The maximum atomic E-state index is 12.1. The number of carbonyl (C=O) groups is 2. The van der Waals surface area contributed by atoms with Gasteiger partial charge in [0.2, 0.25) is 11.8 Å². The van der Waals surface area contributed by atoms with Gasteiger partial charge in [-0.15, -0.1) is 10.2 Å². The average molecular weight is 422 g/mol. The Morgan fingerprint density at radius 3 is 2.70 bits per heavy atom. The maximum Gasteiger partial charge on any atom is 0.277 e. The van der Waals surface area contributed by atoms with Gasteiger partial charge in [-0.1, -0.05) is 47.1 Å². The van der Waals surface area contributed by atoms with Crippen LogP contribution >= 0.6 is 35.0 Å². The first-order chi connectivity index (χ1) is 12.9. The van der Waals surface area contributed by atoms with Gasteiger partial charge in [-0.2, -0.15) is 0 Å². The highest BCUT2D eigenvalue weighted by molar-refractivity contribution is 7.99. The second kappa shape index (κ2) is 8.56. The van der Waals surface area contributed by atoms with Crippen molar-refractivity contribution in [2.45, 2.75) is 12.1 Å². The fraction of sp³-hybridized carbons (Fsp3) is 0.111. The van der Waals surface area contributed by atoms with Crippen molar-refractivity contribution in [2.75, 3.05) is 11.1 Å². The lowest BCUT2D eigenvalue weighted by Gasteiger charge is -2.05. The van der Waals surface area contributed by atoms with Crippen LogP contribution in [0.25, 0.3) is 11.5 Å². The molecule has 0 radical (unpaired) electrons. The fourth-order valence-corrected chi connectivity index (χ4v) is 3.23. The van der Waals surface area contributed by atoms with Gasteiger partial charge in [0.15, 0.2) is 5.78 Å². The standard InChI is InChI=1S/C18H13Cl2N3O3S/c1-10(24)11-3-2-4-13(7-11)21-16(25)9-27-18-23-22-17(26-18)14-6-5-12(19)8-15(14)20/h2-8H,9H2,1H3,(H,21,25). The first-order valence-electron chi connectivity index (χ1n) is 7.75. The van der Waals surface area contributed by atoms with Crippen molar-refractivity contribution in [3.63, 3.8) is 0 Å². The molecule has 0 saturated heterocycles. The van der Waals surface area contributed by atoms with Gasteiger partial charge in [0.1, 0.15) is 0 Å². The third kappa shape index (κ3) is 5.09. The molecule has 0 spiro atoms. The number of benzene rings is 2. The molecule has 1 aromatic heterocycles. The van der Waals surface area contributed by atoms with Crippen LogP contribution in [0.4, 0.5) is 5.69 Å². The smallest absolute Gasteiger partial charge is 0.277 e. The molecule has 6 nitrogen and oxygen atoms in total. The van der Waals surface area contributed by atoms with E-state index < -0.39 is 0 Å². The van der Waals surface area contributed by atoms with Crippen molar-refractivity contribution in [1.82, 2.24) is 10.2 Å². The third-order valence-electron chi connectivity index (χ3n) is 3.45. The van der Waals surface area contributed by atoms with E-state index in [1.165, 1.54) is 6.92 Å². The number of Topliss-reactive ketones (excluding diaryl/α,β-unsaturated/α-hetero) is 1. The Morgan fingerprint density at radius 2 is 1.96 bits per heavy atom. The fourth-order valence-electron chi connectivity index (χ4n) is 2.18. The van der Waals surface area contributed by atoms with E-state index in [2.05, 4.69) is 15.5 Å². The second-order valence-electron chi connectivity index (χ2n) is 5.47. The molecule has 0 aliphatic rings. The molecule has 0 atom stereocenters. The number of nitrogens with zero attached hydrogens (tertiary/aromatic N) is 2. The topological polar surface area (TPSA) is 85.1 Å². The van der Waals surface area contributed by atoms with E-state index in [4.69, 9.17) is 27.6 Å². The van der Waals surface area contributed by atoms with Crippen LogP contribution in [0.3, 0.4) is 0 Å². The zero-order valence-electron chi connectivity index (χ0n) is 14.0. The molecule has 0 saturated carbocycles. The Hall–Kier alpha value is -2.35. The SMILES string of the molecule is CC(=O)c1cccc(NC(=O)CSc2nnc(-c3ccc(Cl)cc3Cl)o2)c1. The van der Waals surface area contributed by atoms with Crippen molar-refractivity contribution in [3.8, 4) is 11.5 Å². The summed E-state index contributed by atoms with van der Waals surface area (Å²) >= 11 is 13.1. The van der Waals surface area contributed by atoms with Gasteiger partial charge in [-0.3, -0.25) is 9.59 Å². The van der Waals surface area contributed by atoms with Crippen LogP contribution in [-0.2, 0) is 4.79 Å². The van der Waals surface area contributed by atoms with Crippen molar-refractivity contribution >= 4 is 52.3 Å². The molecular formula is C18H13Cl2N3O3S. The molecule has 3 aromatic rings. The van der Waals surface area contributed by atoms with E-state index in [1.54, 1.807) is 42.5 Å². The Balaban J connectivity index is 1.60. The number of halogens is 2. The first kappa shape index (κ1) is 19.4. The lowest BCUT2D eigenvalue weighted by atomic mass is 10.1. The highest BCUT2D eigenvalue weighted by atomic mass is 35.5. The van der Waals surface area contributed by atoms with Crippen molar-refractivity contribution in [1.29, 1.82) is 0 Å². The Morgan fingerprint density at radius 1 is 1.15 bits per heavy atom. The van der Waals surface area contributed by atoms with Crippen molar-refractivity contribution < 1.29 is 14.0 Å². The van der Waals surface area contributed by atoms with E-state index in [0.29, 0.717) is 26.9 Å². The van der Waals surface area contributed by atoms with Crippen LogP contribution < -0.4 is 5.32 Å². The molecule has 9 heteroatoms. The van der Waals surface area contributed by atoms with E-state index in [-0.39, 0.29) is 28.6 Å². The summed E-state index contributed by atoms with van der Waals surface area (Å²) in [6.45, 7) is 1.47. The minimum absolute atomic E-state index is 0.0697. The molecule has 0 bridgehead atoms. The normalized spacial score (nSPS) is 10.6. The molecule has 0 aliphatic heterocycles. The summed E-state index contributed by atoms with van der Waals surface area (Å²) in [7, 11) is 0. The molecule has 0 fully saturated rings. The van der Waals surface area contributed by atoms with Crippen molar-refractivity contribution in [2.24, 2.45) is 0 Å². The number of hydrogen-bond donors (Lipinski definition) is 1. The second-order valence-corrected chi connectivity index (χ2v) is 7.24. The molecule has 0 unspecified atom stereocenters. The summed E-state index contributed by atoms with van der Waals surface area (Å²) in [5.41, 5.74) is 1.64. The molecular weight excluding hydrogens is 409 g/mol. The van der Waals surface area contributed by atoms with Crippen LogP contribution in [0.1, 0.15) is 17.3 Å². The predicted molar refractivity (Wildman–Crippen MR) is 106 cm³/mol. The van der Waals surface area contributed by atoms with Crippen LogP contribution in [0, 0.1) is 0 Å². The molecule has 138 valence electrons. The summed E-state index contributed by atoms with van der Waals surface area (Å²) in [6, 6.07) is 11.7. The van der Waals surface area contributed by atoms with Gasteiger partial charge in [0.25, 0.3) is 5.22 Å². The number of rotatable bonds is 6. The van der Waals surface area contributed by atoms with E-state index in [9.17, 15) is 9.59 Å². The minimum Gasteiger partial charge on any atom is -0.411 e. The molecule has 1 amide bonds. The van der Waals surface area contributed by atoms with Crippen LogP contribution in [-0.4, -0.2) is 27.6 Å². The van der Waals surface area contributed by atoms with Gasteiger partial charge >= 0.3 is 0 Å². The van der Waals surface area contributed by atoms with Gasteiger partial charge in [0, 0.05) is 16.3 Å². The zero-order chi connectivity index (χ0) is 19.4. The summed E-state index contributed by atoms with van der Waals surface area (Å²) in [5.74, 6) is -0.0151. The Bertz CT molecular complexity index is 1010. The molecule has 3 rings (SSSR count). The predicted octanol–water partition coefficient (Wildman–Crippen LogP) is 4.98. The quantitative estimate of drug-likeness (QED) is 0.446. The van der Waals surface area contributed by atoms with Gasteiger partial charge < -0.3 is 9.73 Å². The third-order valence-corrected chi connectivity index (χ3v) is 4.81. The number of nitrogens with one attached hydrogen (secondary N) is 1. The number of anilines is 1. The van der Waals surface area contributed by atoms with Crippen LogP contribution in [0.2, 0.25) is 10.0 Å². The monoisotopic (exact) mass is 421 g/mol. The number of amides is 1. The van der Waals surface area contributed by atoms with E-state index in [1.807, 2.05) is 0 Å². The average Bonchev–Trinajstić information content (AvgIpc) is 3.09. The zero-order valence-corrected chi connectivity index (χ0v) is 16.4. The lowest BCUT2D eigenvalue weighted by Crippen LogP contribution is -2.14. The van der Waals surface area contributed by atoms with Gasteiger partial charge in [-0.25, -0.2) is 0 Å². The number of ketones is 1. The van der Waals surface area contributed by atoms with Crippen molar-refractivity contribution in [3.05, 3.63) is 58.1 Å². The number of thioether (sulfide) groups is 1. The lowest BCUT2D eigenvalue weighted by molar-refractivity contribution is -0.113. The number of aromatic nitrogens is 2. The molecule has 1 heterocycles. The minimum atomic E-state index is -0.259. The van der Waals surface area contributed by atoms with Gasteiger partial charge in [0.05, 0.1) is 16.3 Å². The largest absolute Gasteiger partial charge is 0.411 e. The highest BCUT2D eigenvalue weighted by Gasteiger charge is 2.14. The van der Waals surface area contributed by atoms with Crippen LogP contribution in [0.15, 0.2) is 52.1 Å². The van der Waals surface area contributed by atoms with Crippen LogP contribution in [0.5, 0.6) is 0 Å². The molecule has 2 aromatic carbocycles. The first-order valence-corrected chi connectivity index (χ1v) is 9.49. The summed E-state index contributed by atoms with van der Waals surface area (Å²) in [4.78, 5) is 23.5. The molecule has 0 aliphatic carbocycles. The number of hydrogen-bond acceptors (Lipinski definition) is 6. The summed E-state index contributed by atoms with van der Waals surface area (Å²) in [6.07, 6.45) is 0. The Labute approximate surface area is 169 Å². The number of carbonyl (C=O) groups excluding carboxylic acids is 2. The summed E-state index contributed by atoms with van der Waals surface area (Å²) < 4.78 is 5.53. The molecule has 1 N–H and O–H groups in total. The van der Waals surface area contributed by atoms with Gasteiger partial charge in [-0.05, 0) is 37.3 Å². The maximum absolute atomic E-state index is 12.1. The van der Waals surface area contributed by atoms with E-state index >= 15 is 0 Å². The summed E-state index contributed by atoms with van der Waals surface area (Å²) in [5, 5.41) is 11.7. The Kier molecular flexibility index (Phi) is 6.15.